The van der Waals surface area contributed by atoms with E-state index in [1.165, 1.54) is 16.9 Å². The minimum Gasteiger partial charge on any atom is -0.496 e. The third-order valence-electron chi connectivity index (χ3n) is 4.82. The summed E-state index contributed by atoms with van der Waals surface area (Å²) in [6.45, 7) is 9.00. The number of ether oxygens (including phenoxy) is 2. The van der Waals surface area contributed by atoms with Gasteiger partial charge in [-0.1, -0.05) is 51.1 Å². The van der Waals surface area contributed by atoms with Gasteiger partial charge in [-0.05, 0) is 64.8 Å². The summed E-state index contributed by atoms with van der Waals surface area (Å²) in [5, 5.41) is 1.90. The monoisotopic (exact) mass is 420 g/mol. The highest BCUT2D eigenvalue weighted by Crippen LogP contribution is 2.33. The van der Waals surface area contributed by atoms with Crippen LogP contribution in [-0.2, 0) is 12.0 Å². The SMILES string of the molecule is COc1ccc(/C=C/C(=O)c2cccs2)cc1COc1cc(C)ccc1C(C)(C)C. The number of carbonyl (C=O) groups is 1. The smallest absolute Gasteiger partial charge is 0.195 e. The molecule has 0 atom stereocenters. The number of hydrogen-bond acceptors (Lipinski definition) is 4. The van der Waals surface area contributed by atoms with Gasteiger partial charge in [-0.15, -0.1) is 11.3 Å². The minimum atomic E-state index is -0.0140. The molecular formula is C26H28O3S. The lowest BCUT2D eigenvalue weighted by molar-refractivity contribution is 0.105. The summed E-state index contributed by atoms with van der Waals surface area (Å²) in [6.07, 6.45) is 3.44. The maximum absolute atomic E-state index is 12.2. The van der Waals surface area contributed by atoms with Crippen LogP contribution >= 0.6 is 11.3 Å². The molecule has 3 aromatic rings. The van der Waals surface area contributed by atoms with Crippen molar-refractivity contribution in [2.75, 3.05) is 7.11 Å². The first-order valence-corrected chi connectivity index (χ1v) is 10.8. The lowest BCUT2D eigenvalue weighted by Crippen LogP contribution is -2.13. The molecule has 1 heterocycles. The van der Waals surface area contributed by atoms with Gasteiger partial charge in [-0.3, -0.25) is 4.79 Å². The fourth-order valence-electron chi connectivity index (χ4n) is 3.21. The summed E-state index contributed by atoms with van der Waals surface area (Å²) in [7, 11) is 1.65. The highest BCUT2D eigenvalue weighted by molar-refractivity contribution is 7.12. The number of aryl methyl sites for hydroxylation is 1. The zero-order valence-corrected chi connectivity index (χ0v) is 19.0. The van der Waals surface area contributed by atoms with Gasteiger partial charge in [-0.2, -0.15) is 0 Å². The van der Waals surface area contributed by atoms with Crippen LogP contribution < -0.4 is 9.47 Å². The molecule has 0 amide bonds. The van der Waals surface area contributed by atoms with Crippen molar-refractivity contribution in [2.45, 2.75) is 39.7 Å². The maximum Gasteiger partial charge on any atom is 0.195 e. The second-order valence-corrected chi connectivity index (χ2v) is 9.23. The number of methoxy groups -OCH3 is 1. The van der Waals surface area contributed by atoms with Crippen molar-refractivity contribution in [1.82, 2.24) is 0 Å². The number of ketones is 1. The molecule has 30 heavy (non-hydrogen) atoms. The summed E-state index contributed by atoms with van der Waals surface area (Å²) in [5.41, 5.74) is 4.18. The molecule has 0 unspecified atom stereocenters. The minimum absolute atomic E-state index is 0.00759. The molecule has 0 aliphatic heterocycles. The van der Waals surface area contributed by atoms with Gasteiger partial charge in [0.2, 0.25) is 0 Å². The second kappa shape index (κ2) is 9.31. The van der Waals surface area contributed by atoms with Crippen LogP contribution in [0.15, 0.2) is 60.0 Å². The fraction of sp³-hybridized carbons (Fsp3) is 0.269. The molecule has 0 N–H and O–H groups in total. The van der Waals surface area contributed by atoms with E-state index < -0.39 is 0 Å². The van der Waals surface area contributed by atoms with E-state index in [2.05, 4.69) is 45.9 Å². The van der Waals surface area contributed by atoms with Crippen molar-refractivity contribution in [3.8, 4) is 11.5 Å². The molecule has 0 radical (unpaired) electrons. The largest absolute Gasteiger partial charge is 0.496 e. The molecule has 0 spiro atoms. The molecule has 4 heteroatoms. The first kappa shape index (κ1) is 21.8. The number of hydrogen-bond donors (Lipinski definition) is 0. The van der Waals surface area contributed by atoms with E-state index in [1.807, 2.05) is 41.8 Å². The van der Waals surface area contributed by atoms with Crippen molar-refractivity contribution >= 4 is 23.2 Å². The van der Waals surface area contributed by atoms with Gasteiger partial charge < -0.3 is 9.47 Å². The van der Waals surface area contributed by atoms with Crippen LogP contribution in [0.2, 0.25) is 0 Å². The van der Waals surface area contributed by atoms with E-state index in [0.29, 0.717) is 6.61 Å². The Morgan fingerprint density at radius 1 is 1.07 bits per heavy atom. The lowest BCUT2D eigenvalue weighted by atomic mass is 9.86. The summed E-state index contributed by atoms with van der Waals surface area (Å²) < 4.78 is 11.8. The Bertz CT molecular complexity index is 1040. The van der Waals surface area contributed by atoms with E-state index in [-0.39, 0.29) is 11.2 Å². The third kappa shape index (κ3) is 5.39. The highest BCUT2D eigenvalue weighted by atomic mass is 32.1. The van der Waals surface area contributed by atoms with Gasteiger partial charge in [0.15, 0.2) is 5.78 Å². The molecule has 0 bridgehead atoms. The van der Waals surface area contributed by atoms with E-state index in [4.69, 9.17) is 9.47 Å². The van der Waals surface area contributed by atoms with Crippen LogP contribution in [-0.4, -0.2) is 12.9 Å². The summed E-state index contributed by atoms with van der Waals surface area (Å²) in [6, 6.07) is 15.9. The Morgan fingerprint density at radius 3 is 2.53 bits per heavy atom. The summed E-state index contributed by atoms with van der Waals surface area (Å²) in [5.74, 6) is 1.66. The van der Waals surface area contributed by atoms with E-state index in [9.17, 15) is 4.79 Å². The molecule has 156 valence electrons. The fourth-order valence-corrected chi connectivity index (χ4v) is 3.86. The molecule has 3 rings (SSSR count). The van der Waals surface area contributed by atoms with Crippen LogP contribution in [0.4, 0.5) is 0 Å². The van der Waals surface area contributed by atoms with Gasteiger partial charge in [0.05, 0.1) is 12.0 Å². The lowest BCUT2D eigenvalue weighted by Gasteiger charge is -2.23. The van der Waals surface area contributed by atoms with Gasteiger partial charge in [-0.25, -0.2) is 0 Å². The molecule has 1 aromatic heterocycles. The zero-order valence-electron chi connectivity index (χ0n) is 18.2. The molecule has 3 nitrogen and oxygen atoms in total. The van der Waals surface area contributed by atoms with E-state index >= 15 is 0 Å². The van der Waals surface area contributed by atoms with Crippen LogP contribution in [0.25, 0.3) is 6.08 Å². The Hall–Kier alpha value is -2.85. The van der Waals surface area contributed by atoms with Crippen molar-refractivity contribution < 1.29 is 14.3 Å². The van der Waals surface area contributed by atoms with Crippen molar-refractivity contribution in [3.05, 3.63) is 87.1 Å². The van der Waals surface area contributed by atoms with Crippen molar-refractivity contribution in [3.63, 3.8) is 0 Å². The van der Waals surface area contributed by atoms with Gasteiger partial charge in [0, 0.05) is 5.56 Å². The molecule has 0 aliphatic rings. The van der Waals surface area contributed by atoms with Gasteiger partial charge >= 0.3 is 0 Å². The Kier molecular flexibility index (Phi) is 6.78. The Balaban J connectivity index is 1.82. The normalized spacial score (nSPS) is 11.6. The van der Waals surface area contributed by atoms with Crippen molar-refractivity contribution in [2.24, 2.45) is 0 Å². The summed E-state index contributed by atoms with van der Waals surface area (Å²) in [4.78, 5) is 13.0. The van der Waals surface area contributed by atoms with E-state index in [0.717, 1.165) is 33.1 Å². The number of rotatable bonds is 7. The van der Waals surface area contributed by atoms with Gasteiger partial charge in [0.25, 0.3) is 0 Å². The van der Waals surface area contributed by atoms with Gasteiger partial charge in [0.1, 0.15) is 18.1 Å². The Labute approximate surface area is 183 Å². The van der Waals surface area contributed by atoms with Crippen LogP contribution in [0.3, 0.4) is 0 Å². The highest BCUT2D eigenvalue weighted by Gasteiger charge is 2.19. The molecule has 0 saturated heterocycles. The third-order valence-corrected chi connectivity index (χ3v) is 5.71. The zero-order chi connectivity index (χ0) is 21.7. The summed E-state index contributed by atoms with van der Waals surface area (Å²) >= 11 is 1.44. The van der Waals surface area contributed by atoms with E-state index in [1.54, 1.807) is 13.2 Å². The number of thiophene rings is 1. The number of carbonyl (C=O) groups excluding carboxylic acids is 1. The predicted molar refractivity (Wildman–Crippen MR) is 125 cm³/mol. The first-order chi connectivity index (χ1) is 14.3. The topological polar surface area (TPSA) is 35.5 Å². The maximum atomic E-state index is 12.2. The predicted octanol–water partition coefficient (Wildman–Crippen LogP) is 6.84. The average Bonchev–Trinajstić information content (AvgIpc) is 3.24. The molecule has 0 fully saturated rings. The van der Waals surface area contributed by atoms with Crippen LogP contribution in [0.1, 0.15) is 52.7 Å². The molecule has 0 aliphatic carbocycles. The first-order valence-electron chi connectivity index (χ1n) is 9.94. The number of benzene rings is 2. The van der Waals surface area contributed by atoms with Crippen LogP contribution in [0, 0.1) is 6.92 Å². The molecule has 0 saturated carbocycles. The second-order valence-electron chi connectivity index (χ2n) is 8.28. The Morgan fingerprint density at radius 2 is 1.87 bits per heavy atom. The number of allylic oxidation sites excluding steroid dienone is 1. The molecular weight excluding hydrogens is 392 g/mol. The average molecular weight is 421 g/mol. The van der Waals surface area contributed by atoms with Crippen molar-refractivity contribution in [1.29, 1.82) is 0 Å². The quantitative estimate of drug-likeness (QED) is 0.310. The molecule has 2 aromatic carbocycles. The standard InChI is InChI=1S/C26H28O3S/c1-18-8-11-21(26(2,3)4)24(15-18)29-17-20-16-19(10-13-23(20)28-5)9-12-22(27)25-7-6-14-30-25/h6-16H,17H2,1-5H3/b12-9+. The van der Waals surface area contributed by atoms with Crippen LogP contribution in [0.5, 0.6) is 11.5 Å².